The summed E-state index contributed by atoms with van der Waals surface area (Å²) >= 11 is 0. The highest BCUT2D eigenvalue weighted by Crippen LogP contribution is 2.26. The molecule has 0 amide bonds. The second-order valence-corrected chi connectivity index (χ2v) is 7.80. The van der Waals surface area contributed by atoms with E-state index in [0.717, 1.165) is 23.2 Å². The molecule has 0 radical (unpaired) electrons. The Bertz CT molecular complexity index is 855. The lowest BCUT2D eigenvalue weighted by Crippen LogP contribution is -2.19. The van der Waals surface area contributed by atoms with Gasteiger partial charge in [0.1, 0.15) is 0 Å². The number of hydrogen-bond acceptors (Lipinski definition) is 3. The van der Waals surface area contributed by atoms with Gasteiger partial charge in [0, 0.05) is 23.9 Å². The van der Waals surface area contributed by atoms with Gasteiger partial charge in [-0.1, -0.05) is 31.1 Å². The Kier molecular flexibility index (Phi) is 10.5. The van der Waals surface area contributed by atoms with Crippen LogP contribution in [0.15, 0.2) is 54.8 Å². The highest BCUT2D eigenvalue weighted by atomic mass is 16.5. The number of allylic oxidation sites excluding steroid dienone is 5. The summed E-state index contributed by atoms with van der Waals surface area (Å²) in [5.74, 6) is 0. The molecule has 0 aliphatic carbocycles. The lowest BCUT2D eigenvalue weighted by molar-refractivity contribution is 0.180. The molecule has 0 spiro atoms. The van der Waals surface area contributed by atoms with E-state index in [2.05, 4.69) is 47.6 Å². The number of benzene rings is 1. The number of ether oxygens (including phenoxy) is 1. The summed E-state index contributed by atoms with van der Waals surface area (Å²) < 4.78 is 7.47. The van der Waals surface area contributed by atoms with Gasteiger partial charge in [-0.25, -0.2) is 0 Å². The maximum atomic E-state index is 8.92. The van der Waals surface area contributed by atoms with E-state index in [-0.39, 0.29) is 0 Å². The third-order valence-corrected chi connectivity index (χ3v) is 5.30. The molecule has 4 heteroatoms. The quantitative estimate of drug-likeness (QED) is 0.400. The van der Waals surface area contributed by atoms with Crippen LogP contribution < -0.4 is 0 Å². The van der Waals surface area contributed by atoms with E-state index in [9.17, 15) is 0 Å². The number of aliphatic hydroxyl groups is 1. The molecule has 1 saturated heterocycles. The van der Waals surface area contributed by atoms with Crippen molar-refractivity contribution in [3.05, 3.63) is 66.1 Å². The van der Waals surface area contributed by atoms with Crippen LogP contribution >= 0.6 is 0 Å². The predicted octanol–water partition coefficient (Wildman–Crippen LogP) is 6.47. The normalized spacial score (nSPS) is 15.4. The molecule has 30 heavy (non-hydrogen) atoms. The van der Waals surface area contributed by atoms with Crippen LogP contribution in [0, 0.1) is 6.92 Å². The van der Waals surface area contributed by atoms with Crippen LogP contribution in [0.4, 0.5) is 0 Å². The van der Waals surface area contributed by atoms with Crippen molar-refractivity contribution in [2.24, 2.45) is 0 Å². The number of fused-ring (bicyclic) bond motifs is 1. The van der Waals surface area contributed by atoms with E-state index >= 15 is 0 Å². The zero-order valence-corrected chi connectivity index (χ0v) is 19.1. The number of rotatable bonds is 8. The average molecular weight is 411 g/mol. The van der Waals surface area contributed by atoms with Crippen LogP contribution in [-0.4, -0.2) is 41.3 Å². The molecule has 2 heterocycles. The number of aromatic nitrogens is 1. The van der Waals surface area contributed by atoms with Crippen LogP contribution in [0.1, 0.15) is 50.8 Å². The highest BCUT2D eigenvalue weighted by Gasteiger charge is 2.11. The number of likely N-dealkylation sites (tertiary alicyclic amines) is 1. The number of nitrogens with zero attached hydrogens (tertiary/aromatic N) is 2. The molecule has 3 rings (SSSR count). The van der Waals surface area contributed by atoms with Crippen LogP contribution in [0.2, 0.25) is 0 Å². The Balaban J connectivity index is 0.000000297. The lowest BCUT2D eigenvalue weighted by Gasteiger charge is -2.12. The van der Waals surface area contributed by atoms with Gasteiger partial charge in [-0.3, -0.25) is 0 Å². The molecule has 0 unspecified atom stereocenters. The molecule has 2 aromatic rings. The number of methoxy groups -OCH3 is 1. The maximum absolute atomic E-state index is 8.92. The SMILES string of the molecule is CCCCN1CCCC1.C\C=C/C(=C\C=C\O)n1c(COC)cc2cc(C)ccc21. The summed E-state index contributed by atoms with van der Waals surface area (Å²) in [6.07, 6.45) is 14.1. The second kappa shape index (κ2) is 13.1. The largest absolute Gasteiger partial charge is 0.516 e. The lowest BCUT2D eigenvalue weighted by atomic mass is 10.2. The molecule has 1 N–H and O–H groups in total. The Hall–Kier alpha value is -2.30. The molecule has 1 fully saturated rings. The third-order valence-electron chi connectivity index (χ3n) is 5.30. The summed E-state index contributed by atoms with van der Waals surface area (Å²) in [7, 11) is 1.69. The fourth-order valence-electron chi connectivity index (χ4n) is 3.86. The van der Waals surface area contributed by atoms with E-state index < -0.39 is 0 Å². The molecular weight excluding hydrogens is 372 g/mol. The van der Waals surface area contributed by atoms with Gasteiger partial charge in [-0.2, -0.15) is 0 Å². The summed E-state index contributed by atoms with van der Waals surface area (Å²) in [4.78, 5) is 2.57. The van der Waals surface area contributed by atoms with Crippen molar-refractivity contribution >= 4 is 16.6 Å². The Morgan fingerprint density at radius 3 is 2.60 bits per heavy atom. The molecule has 1 aromatic carbocycles. The molecule has 1 aliphatic rings. The van der Waals surface area contributed by atoms with E-state index in [1.165, 1.54) is 56.3 Å². The van der Waals surface area contributed by atoms with E-state index in [1.807, 2.05) is 25.2 Å². The van der Waals surface area contributed by atoms with Crippen molar-refractivity contribution in [2.75, 3.05) is 26.7 Å². The zero-order chi connectivity index (χ0) is 21.8. The summed E-state index contributed by atoms with van der Waals surface area (Å²) in [6, 6.07) is 8.53. The van der Waals surface area contributed by atoms with Gasteiger partial charge >= 0.3 is 0 Å². The number of aliphatic hydroxyl groups excluding tert-OH is 1. The Labute approximate surface area is 182 Å². The molecule has 164 valence electrons. The fraction of sp³-hybridized carbons (Fsp3) is 0.462. The van der Waals surface area contributed by atoms with Gasteiger partial charge < -0.3 is 19.3 Å². The van der Waals surface area contributed by atoms with Crippen molar-refractivity contribution in [3.8, 4) is 0 Å². The van der Waals surface area contributed by atoms with Gasteiger partial charge in [0.05, 0.1) is 18.4 Å². The number of unbranched alkanes of at least 4 members (excludes halogenated alkanes) is 1. The fourth-order valence-corrected chi connectivity index (χ4v) is 3.86. The molecular formula is C26H38N2O2. The first-order chi connectivity index (χ1) is 14.6. The topological polar surface area (TPSA) is 37.6 Å². The first kappa shape index (κ1) is 24.0. The van der Waals surface area contributed by atoms with E-state index in [1.54, 1.807) is 13.2 Å². The molecule has 4 nitrogen and oxygen atoms in total. The van der Waals surface area contributed by atoms with Crippen molar-refractivity contribution in [1.82, 2.24) is 9.47 Å². The average Bonchev–Trinajstić information content (AvgIpc) is 3.37. The van der Waals surface area contributed by atoms with Crippen molar-refractivity contribution < 1.29 is 9.84 Å². The van der Waals surface area contributed by atoms with Crippen molar-refractivity contribution in [3.63, 3.8) is 0 Å². The molecule has 0 saturated carbocycles. The van der Waals surface area contributed by atoms with Gasteiger partial charge in [0.2, 0.25) is 0 Å². The first-order valence-corrected chi connectivity index (χ1v) is 11.1. The van der Waals surface area contributed by atoms with E-state index in [4.69, 9.17) is 9.84 Å². The van der Waals surface area contributed by atoms with E-state index in [0.29, 0.717) is 6.61 Å². The minimum atomic E-state index is 0.533. The Morgan fingerprint density at radius 2 is 1.97 bits per heavy atom. The summed E-state index contributed by atoms with van der Waals surface area (Å²) in [6.45, 7) is 10.9. The number of hydrogen-bond donors (Lipinski definition) is 1. The highest BCUT2D eigenvalue weighted by molar-refractivity contribution is 5.86. The maximum Gasteiger partial charge on any atom is 0.0868 e. The second-order valence-electron chi connectivity index (χ2n) is 7.80. The number of aryl methyl sites for hydroxylation is 1. The van der Waals surface area contributed by atoms with Gasteiger partial charge in [-0.15, -0.1) is 0 Å². The summed E-state index contributed by atoms with van der Waals surface area (Å²) in [5.41, 5.74) is 4.42. The van der Waals surface area contributed by atoms with Crippen LogP contribution in [-0.2, 0) is 11.3 Å². The van der Waals surface area contributed by atoms with Crippen LogP contribution in [0.5, 0.6) is 0 Å². The van der Waals surface area contributed by atoms with Gasteiger partial charge in [-0.05, 0) is 89.2 Å². The third kappa shape index (κ3) is 6.89. The molecule has 1 aromatic heterocycles. The van der Waals surface area contributed by atoms with Crippen LogP contribution in [0.25, 0.3) is 16.6 Å². The molecule has 0 atom stereocenters. The van der Waals surface area contributed by atoms with Crippen molar-refractivity contribution in [2.45, 2.75) is 53.1 Å². The first-order valence-electron chi connectivity index (χ1n) is 11.1. The monoisotopic (exact) mass is 410 g/mol. The molecule has 0 bridgehead atoms. The smallest absolute Gasteiger partial charge is 0.0868 e. The van der Waals surface area contributed by atoms with Gasteiger partial charge in [0.25, 0.3) is 0 Å². The van der Waals surface area contributed by atoms with Crippen molar-refractivity contribution in [1.29, 1.82) is 0 Å². The minimum Gasteiger partial charge on any atom is -0.516 e. The minimum absolute atomic E-state index is 0.533. The zero-order valence-electron chi connectivity index (χ0n) is 19.1. The molecule has 1 aliphatic heterocycles. The summed E-state index contributed by atoms with van der Waals surface area (Å²) in [5, 5.41) is 10.1. The standard InChI is InChI=1S/C18H21NO2.C8H17N/c1-4-6-16(7-5-10-20)19-17(13-21-3)12-15-11-14(2)8-9-18(15)19;1-2-3-6-9-7-4-5-8-9/h4-12,20H,13H2,1-3H3;2-8H2,1H3/b6-4-,10-5+,16-7+;. The van der Waals surface area contributed by atoms with Gasteiger partial charge in [0.15, 0.2) is 0 Å². The Morgan fingerprint density at radius 1 is 1.20 bits per heavy atom. The predicted molar refractivity (Wildman–Crippen MR) is 129 cm³/mol. The van der Waals surface area contributed by atoms with Crippen LogP contribution in [0.3, 0.4) is 0 Å².